The predicted molar refractivity (Wildman–Crippen MR) is 170 cm³/mol. The minimum absolute atomic E-state index is 0. The van der Waals surface area contributed by atoms with Crippen LogP contribution in [0.3, 0.4) is 0 Å². The minimum atomic E-state index is -0.623. The second-order valence-corrected chi connectivity index (χ2v) is 10.8. The number of methoxy groups -OCH3 is 1. The van der Waals surface area contributed by atoms with Crippen molar-refractivity contribution in [1.82, 2.24) is 19.8 Å². The first kappa shape index (κ1) is 33.5. The van der Waals surface area contributed by atoms with E-state index in [0.29, 0.717) is 52.9 Å². The Bertz CT molecular complexity index is 1670. The average Bonchev–Trinajstić information content (AvgIpc) is 3.53. The lowest BCUT2D eigenvalue weighted by atomic mass is 9.98. The molecule has 1 fully saturated rings. The molecule has 4 aromatic rings. The molecule has 0 unspecified atom stereocenters. The zero-order chi connectivity index (χ0) is 31.1. The lowest BCUT2D eigenvalue weighted by molar-refractivity contribution is -0.129. The van der Waals surface area contributed by atoms with Crippen LogP contribution in [0.15, 0.2) is 48.8 Å². The first-order chi connectivity index (χ1) is 21.4. The van der Waals surface area contributed by atoms with Crippen LogP contribution in [-0.2, 0) is 4.79 Å². The molecule has 0 spiro atoms. The average molecular weight is 638 g/mol. The summed E-state index contributed by atoms with van der Waals surface area (Å²) >= 11 is 0. The molecule has 0 radical (unpaired) electrons. The van der Waals surface area contributed by atoms with E-state index >= 15 is 0 Å². The summed E-state index contributed by atoms with van der Waals surface area (Å²) in [6.45, 7) is 1.90. The molecule has 1 aliphatic rings. The summed E-state index contributed by atoms with van der Waals surface area (Å²) in [5.74, 6) is 0.782. The van der Waals surface area contributed by atoms with Crippen LogP contribution < -0.4 is 25.6 Å². The third-order valence-electron chi connectivity index (χ3n) is 7.85. The number of rotatable bonds is 12. The number of nitrogens with one attached hydrogen (secondary N) is 1. The molecule has 3 heterocycles. The van der Waals surface area contributed by atoms with Gasteiger partial charge in [-0.05, 0) is 55.5 Å². The Kier molecular flexibility index (Phi) is 11.5. The van der Waals surface area contributed by atoms with E-state index in [4.69, 9.17) is 30.4 Å². The first-order valence-electron chi connectivity index (χ1n) is 14.7. The Morgan fingerprint density at radius 2 is 1.89 bits per heavy atom. The molecule has 45 heavy (non-hydrogen) atoms. The summed E-state index contributed by atoms with van der Waals surface area (Å²) in [6, 6.07) is 12.1. The molecular formula is C32H37ClFN7O4. The van der Waals surface area contributed by atoms with E-state index in [1.165, 1.54) is 12.1 Å². The highest BCUT2D eigenvalue weighted by Crippen LogP contribution is 2.40. The van der Waals surface area contributed by atoms with Gasteiger partial charge >= 0.3 is 0 Å². The number of nitriles is 1. The molecule has 238 valence electrons. The van der Waals surface area contributed by atoms with Crippen molar-refractivity contribution in [2.75, 3.05) is 31.7 Å². The number of ether oxygens (including phenoxy) is 2. The second kappa shape index (κ2) is 15.5. The first-order valence-corrected chi connectivity index (χ1v) is 14.7. The van der Waals surface area contributed by atoms with Crippen molar-refractivity contribution in [3.63, 3.8) is 0 Å². The number of amides is 1. The third kappa shape index (κ3) is 7.62. The van der Waals surface area contributed by atoms with Crippen molar-refractivity contribution in [2.24, 2.45) is 5.73 Å². The van der Waals surface area contributed by atoms with Gasteiger partial charge in [-0.3, -0.25) is 14.4 Å². The number of aromatic nitrogens is 3. The van der Waals surface area contributed by atoms with Gasteiger partial charge < -0.3 is 20.1 Å². The number of anilines is 1. The quantitative estimate of drug-likeness (QED) is 0.107. The van der Waals surface area contributed by atoms with E-state index in [0.717, 1.165) is 50.8 Å². The molecule has 0 atom stereocenters. The van der Waals surface area contributed by atoms with Gasteiger partial charge in [-0.15, -0.1) is 12.4 Å². The maximum absolute atomic E-state index is 14.9. The number of piperidine rings is 1. The van der Waals surface area contributed by atoms with Crippen molar-refractivity contribution >= 4 is 29.9 Å². The lowest BCUT2D eigenvalue weighted by Crippen LogP contribution is -2.40. The van der Waals surface area contributed by atoms with Crippen LogP contribution in [0.25, 0.3) is 28.0 Å². The molecule has 0 saturated carbocycles. The smallest absolute Gasteiger partial charge is 0.243 e. The van der Waals surface area contributed by atoms with Crippen molar-refractivity contribution in [1.29, 1.82) is 5.26 Å². The topological polar surface area (TPSA) is 151 Å². The summed E-state index contributed by atoms with van der Waals surface area (Å²) in [4.78, 5) is 23.2. The maximum Gasteiger partial charge on any atom is 0.243 e. The summed E-state index contributed by atoms with van der Waals surface area (Å²) in [5, 5.41) is 17.9. The number of nitrogens with two attached hydrogens (primary N) is 1. The van der Waals surface area contributed by atoms with E-state index in [2.05, 4.69) is 4.90 Å². The van der Waals surface area contributed by atoms with Crippen molar-refractivity contribution in [3.05, 3.63) is 60.2 Å². The van der Waals surface area contributed by atoms with E-state index in [9.17, 15) is 14.4 Å². The Balaban J connectivity index is 0.00000461. The van der Waals surface area contributed by atoms with E-state index < -0.39 is 5.82 Å². The van der Waals surface area contributed by atoms with Gasteiger partial charge in [0.2, 0.25) is 11.9 Å². The third-order valence-corrected chi connectivity index (χ3v) is 7.85. The van der Waals surface area contributed by atoms with Gasteiger partial charge in [-0.25, -0.2) is 19.8 Å². The van der Waals surface area contributed by atoms with Gasteiger partial charge in [0, 0.05) is 43.5 Å². The molecular weight excluding hydrogens is 601 g/mol. The molecule has 11 nitrogen and oxygen atoms in total. The number of benzene rings is 2. The highest BCUT2D eigenvalue weighted by atomic mass is 35.5. The molecule has 2 aromatic carbocycles. The number of hydroxylamine groups is 1. The van der Waals surface area contributed by atoms with Gasteiger partial charge in [0.05, 0.1) is 30.5 Å². The lowest BCUT2D eigenvalue weighted by Gasteiger charge is -2.32. The normalized spacial score (nSPS) is 13.3. The van der Waals surface area contributed by atoms with Crippen LogP contribution in [0.5, 0.6) is 11.5 Å². The van der Waals surface area contributed by atoms with E-state index in [1.54, 1.807) is 24.9 Å². The zero-order valence-electron chi connectivity index (χ0n) is 25.0. The van der Waals surface area contributed by atoms with Crippen LogP contribution >= 0.6 is 12.4 Å². The maximum atomic E-state index is 14.9. The molecule has 0 aliphatic carbocycles. The molecule has 1 aliphatic heterocycles. The summed E-state index contributed by atoms with van der Waals surface area (Å²) in [6.07, 6.45) is 8.65. The number of nitrogens with zero attached hydrogens (tertiary/aromatic N) is 5. The molecule has 13 heteroatoms. The van der Waals surface area contributed by atoms with Crippen LogP contribution in [-0.4, -0.2) is 58.3 Å². The Morgan fingerprint density at radius 3 is 2.60 bits per heavy atom. The van der Waals surface area contributed by atoms with Crippen LogP contribution in [0.4, 0.5) is 10.3 Å². The van der Waals surface area contributed by atoms with Crippen molar-refractivity contribution in [3.8, 4) is 40.0 Å². The van der Waals surface area contributed by atoms with Gasteiger partial charge in [-0.2, -0.15) is 5.26 Å². The number of imidazole rings is 1. The highest BCUT2D eigenvalue weighted by Gasteiger charge is 2.25. The second-order valence-electron chi connectivity index (χ2n) is 10.8. The monoisotopic (exact) mass is 637 g/mol. The van der Waals surface area contributed by atoms with Gasteiger partial charge in [-0.1, -0.05) is 25.0 Å². The fraction of sp³-hybridized carbons (Fsp3) is 0.375. The van der Waals surface area contributed by atoms with Gasteiger partial charge in [0.15, 0.2) is 11.5 Å². The van der Waals surface area contributed by atoms with E-state index in [-0.39, 0.29) is 36.3 Å². The van der Waals surface area contributed by atoms with Crippen molar-refractivity contribution < 1.29 is 23.9 Å². The summed E-state index contributed by atoms with van der Waals surface area (Å²) in [5.41, 5.74) is 10.9. The molecule has 4 N–H and O–H groups in total. The number of unbranched alkanes of at least 4 members (excludes halogenated alkanes) is 3. The Morgan fingerprint density at radius 1 is 1.13 bits per heavy atom. The number of carbonyl (C=O) groups excluding carboxylic acids is 1. The highest BCUT2D eigenvalue weighted by molar-refractivity contribution is 5.91. The number of halogens is 2. The van der Waals surface area contributed by atoms with Crippen LogP contribution in [0.1, 0.15) is 50.5 Å². The SMILES string of the molecule is COc1ccc(-c2c(-c3ccc(C#N)c(F)c3)nc(N3CCC(N)CC3)n3ccnc23)cc1OCCCCCCC(=O)NO.Cl. The van der Waals surface area contributed by atoms with E-state index in [1.807, 2.05) is 34.9 Å². The van der Waals surface area contributed by atoms with Gasteiger partial charge in [0.1, 0.15) is 17.5 Å². The fourth-order valence-electron chi connectivity index (χ4n) is 5.44. The van der Waals surface area contributed by atoms with Crippen LogP contribution in [0.2, 0.25) is 0 Å². The number of hydrogen-bond acceptors (Lipinski definition) is 9. The minimum Gasteiger partial charge on any atom is -0.493 e. The summed E-state index contributed by atoms with van der Waals surface area (Å²) < 4.78 is 28.6. The Labute approximate surface area is 267 Å². The number of fused-ring (bicyclic) bond motifs is 1. The fourth-order valence-corrected chi connectivity index (χ4v) is 5.44. The van der Waals surface area contributed by atoms with Gasteiger partial charge in [0.25, 0.3) is 0 Å². The molecule has 5 rings (SSSR count). The Hall–Kier alpha value is -4.44. The molecule has 0 bridgehead atoms. The van der Waals surface area contributed by atoms with Crippen LogP contribution in [0, 0.1) is 17.1 Å². The van der Waals surface area contributed by atoms with Crippen molar-refractivity contribution in [2.45, 2.75) is 51.0 Å². The molecule has 2 aromatic heterocycles. The number of carbonyl (C=O) groups is 1. The largest absolute Gasteiger partial charge is 0.493 e. The summed E-state index contributed by atoms with van der Waals surface area (Å²) in [7, 11) is 1.58. The standard InChI is InChI=1S/C32H36FN7O4.ClH/c1-43-26-10-9-21(19-27(26)44-17-5-3-2-4-6-28(41)38-42)29-30(22-7-8-23(20-34)25(33)18-22)37-32(40-16-13-36-31(29)40)39-14-11-24(35)12-15-39;/h7-10,13,16,18-19,24,42H,2-6,11-12,14-15,17,35H2,1H3,(H,38,41);1H. The zero-order valence-corrected chi connectivity index (χ0v) is 25.9. The number of hydrogen-bond donors (Lipinski definition) is 3. The molecule has 1 saturated heterocycles. The predicted octanol–water partition coefficient (Wildman–Crippen LogP) is 5.27. The molecule has 1 amide bonds.